The predicted molar refractivity (Wildman–Crippen MR) is 78.6 cm³/mol. The van der Waals surface area contributed by atoms with Gasteiger partial charge in [0.05, 0.1) is 5.56 Å². The van der Waals surface area contributed by atoms with Gasteiger partial charge in [0, 0.05) is 19.6 Å². The van der Waals surface area contributed by atoms with Gasteiger partial charge in [-0.3, -0.25) is 4.79 Å². The lowest BCUT2D eigenvalue weighted by atomic mass is 10.1. The number of nitrogens with one attached hydrogen (secondary N) is 1. The van der Waals surface area contributed by atoms with Crippen molar-refractivity contribution in [1.29, 1.82) is 0 Å². The topological polar surface area (TPSA) is 41.6 Å². The molecule has 1 heterocycles. The van der Waals surface area contributed by atoms with Crippen molar-refractivity contribution in [2.75, 3.05) is 26.7 Å². The summed E-state index contributed by atoms with van der Waals surface area (Å²) in [5.41, 5.74) is 0.149. The zero-order chi connectivity index (χ0) is 15.5. The van der Waals surface area contributed by atoms with Crippen LogP contribution in [0.3, 0.4) is 0 Å². The minimum Gasteiger partial charge on any atom is -0.483 e. The smallest absolute Gasteiger partial charge is 0.422 e. The highest BCUT2D eigenvalue weighted by Gasteiger charge is 2.30. The van der Waals surface area contributed by atoms with E-state index in [0.717, 1.165) is 13.0 Å². The molecular weight excluding hydrogens is 321 g/mol. The standard InChI is InChI=1S/C14H17F3N2O2.ClH/c1-19(10-6-7-18-8-10)13(20)11-4-2-3-5-12(11)21-9-14(15,16)17;/h2-5,10,18H,6-9H2,1H3;1H/t10-;/m1./s1. The van der Waals surface area contributed by atoms with Gasteiger partial charge in [0.25, 0.3) is 5.91 Å². The molecule has 4 nitrogen and oxygen atoms in total. The van der Waals surface area contributed by atoms with Crippen LogP contribution in [-0.4, -0.2) is 49.8 Å². The number of para-hydroxylation sites is 1. The number of benzene rings is 1. The number of hydrogen-bond donors (Lipinski definition) is 1. The Morgan fingerprint density at radius 3 is 2.68 bits per heavy atom. The van der Waals surface area contributed by atoms with Crippen LogP contribution < -0.4 is 10.1 Å². The number of ether oxygens (including phenoxy) is 1. The number of hydrogen-bond acceptors (Lipinski definition) is 3. The highest BCUT2D eigenvalue weighted by Crippen LogP contribution is 2.24. The Morgan fingerprint density at radius 2 is 2.09 bits per heavy atom. The number of alkyl halides is 3. The third-order valence-electron chi connectivity index (χ3n) is 3.41. The number of nitrogens with zero attached hydrogens (tertiary/aromatic N) is 1. The van der Waals surface area contributed by atoms with Gasteiger partial charge in [-0.05, 0) is 25.1 Å². The van der Waals surface area contributed by atoms with Crippen molar-refractivity contribution in [1.82, 2.24) is 10.2 Å². The molecule has 1 fully saturated rings. The third kappa shape index (κ3) is 4.78. The minimum absolute atomic E-state index is 0. The molecule has 2 rings (SSSR count). The second kappa shape index (κ2) is 7.69. The van der Waals surface area contributed by atoms with E-state index >= 15 is 0 Å². The Balaban J connectivity index is 0.00000242. The first-order chi connectivity index (χ1) is 9.88. The molecule has 0 unspecified atom stereocenters. The first-order valence-corrected chi connectivity index (χ1v) is 6.65. The van der Waals surface area contributed by atoms with Gasteiger partial charge in [-0.1, -0.05) is 12.1 Å². The van der Waals surface area contributed by atoms with Crippen LogP contribution >= 0.6 is 12.4 Å². The zero-order valence-electron chi connectivity index (χ0n) is 12.0. The van der Waals surface area contributed by atoms with E-state index in [-0.39, 0.29) is 35.7 Å². The lowest BCUT2D eigenvalue weighted by molar-refractivity contribution is -0.153. The van der Waals surface area contributed by atoms with Crippen LogP contribution in [0.2, 0.25) is 0 Å². The molecule has 0 aromatic heterocycles. The van der Waals surface area contributed by atoms with Crippen LogP contribution in [-0.2, 0) is 0 Å². The second-order valence-corrected chi connectivity index (χ2v) is 4.96. The Hall–Kier alpha value is -1.47. The number of carbonyl (C=O) groups excluding carboxylic acids is 1. The van der Waals surface area contributed by atoms with Crippen LogP contribution in [0.5, 0.6) is 5.75 Å². The quantitative estimate of drug-likeness (QED) is 0.917. The lowest BCUT2D eigenvalue weighted by Gasteiger charge is -2.24. The van der Waals surface area contributed by atoms with Crippen molar-refractivity contribution in [3.8, 4) is 5.75 Å². The second-order valence-electron chi connectivity index (χ2n) is 4.96. The monoisotopic (exact) mass is 338 g/mol. The Kier molecular flexibility index (Phi) is 6.49. The first kappa shape index (κ1) is 18.6. The maximum absolute atomic E-state index is 12.4. The van der Waals surface area contributed by atoms with Crippen LogP contribution in [0.25, 0.3) is 0 Å². The van der Waals surface area contributed by atoms with Crippen LogP contribution in [0.1, 0.15) is 16.8 Å². The highest BCUT2D eigenvalue weighted by molar-refractivity contribution is 5.97. The average Bonchev–Trinajstić information content (AvgIpc) is 2.97. The van der Waals surface area contributed by atoms with Gasteiger partial charge in [0.2, 0.25) is 0 Å². The lowest BCUT2D eigenvalue weighted by Crippen LogP contribution is -2.38. The molecule has 0 spiro atoms. The van der Waals surface area contributed by atoms with E-state index in [4.69, 9.17) is 4.74 Å². The van der Waals surface area contributed by atoms with Gasteiger partial charge >= 0.3 is 6.18 Å². The molecule has 1 N–H and O–H groups in total. The first-order valence-electron chi connectivity index (χ1n) is 6.65. The Bertz CT molecular complexity index is 505. The fourth-order valence-electron chi connectivity index (χ4n) is 2.25. The maximum Gasteiger partial charge on any atom is 0.422 e. The minimum atomic E-state index is -4.43. The number of likely N-dealkylation sites (N-methyl/N-ethyl adjacent to an activating group) is 1. The largest absolute Gasteiger partial charge is 0.483 e. The van der Waals surface area contributed by atoms with Gasteiger partial charge < -0.3 is 15.0 Å². The predicted octanol–water partition coefficient (Wildman–Crippen LogP) is 2.48. The molecule has 1 aromatic rings. The molecule has 8 heteroatoms. The molecule has 0 radical (unpaired) electrons. The summed E-state index contributed by atoms with van der Waals surface area (Å²) in [7, 11) is 1.65. The molecule has 1 aliphatic heterocycles. The molecule has 0 saturated carbocycles. The molecule has 1 amide bonds. The van der Waals surface area contributed by atoms with Gasteiger partial charge in [0.15, 0.2) is 6.61 Å². The molecule has 0 aliphatic carbocycles. The summed E-state index contributed by atoms with van der Waals surface area (Å²) in [5, 5.41) is 3.15. The third-order valence-corrected chi connectivity index (χ3v) is 3.41. The van der Waals surface area contributed by atoms with Crippen LogP contribution in [0.15, 0.2) is 24.3 Å². The summed E-state index contributed by atoms with van der Waals surface area (Å²) < 4.78 is 41.5. The van der Waals surface area contributed by atoms with Gasteiger partial charge in [-0.2, -0.15) is 13.2 Å². The van der Waals surface area contributed by atoms with E-state index in [1.54, 1.807) is 24.1 Å². The molecular formula is C14H18ClF3N2O2. The SMILES string of the molecule is CN(C(=O)c1ccccc1OCC(F)(F)F)[C@@H]1CCNC1.Cl. The summed E-state index contributed by atoms with van der Waals surface area (Å²) in [6, 6.07) is 6.05. The van der Waals surface area contributed by atoms with E-state index in [1.165, 1.54) is 12.1 Å². The van der Waals surface area contributed by atoms with Crippen molar-refractivity contribution in [3.05, 3.63) is 29.8 Å². The maximum atomic E-state index is 12.4. The molecule has 1 aromatic carbocycles. The summed E-state index contributed by atoms with van der Waals surface area (Å²) in [4.78, 5) is 14.0. The van der Waals surface area contributed by atoms with E-state index in [2.05, 4.69) is 5.32 Å². The van der Waals surface area contributed by atoms with Crippen LogP contribution in [0.4, 0.5) is 13.2 Å². The number of halogens is 4. The van der Waals surface area contributed by atoms with Crippen molar-refractivity contribution >= 4 is 18.3 Å². The number of amides is 1. The Morgan fingerprint density at radius 1 is 1.41 bits per heavy atom. The van der Waals surface area contributed by atoms with E-state index in [1.807, 2.05) is 0 Å². The molecule has 124 valence electrons. The average molecular weight is 339 g/mol. The zero-order valence-corrected chi connectivity index (χ0v) is 12.8. The van der Waals surface area contributed by atoms with Gasteiger partial charge in [0.1, 0.15) is 5.75 Å². The van der Waals surface area contributed by atoms with Crippen molar-refractivity contribution in [3.63, 3.8) is 0 Å². The molecule has 1 atom stereocenters. The summed E-state index contributed by atoms with van der Waals surface area (Å²) in [6.07, 6.45) is -3.61. The van der Waals surface area contributed by atoms with Crippen molar-refractivity contribution in [2.24, 2.45) is 0 Å². The van der Waals surface area contributed by atoms with E-state index in [0.29, 0.717) is 6.54 Å². The van der Waals surface area contributed by atoms with Crippen LogP contribution in [0, 0.1) is 0 Å². The molecule has 0 bridgehead atoms. The van der Waals surface area contributed by atoms with E-state index in [9.17, 15) is 18.0 Å². The summed E-state index contributed by atoms with van der Waals surface area (Å²) in [5.74, 6) is -0.376. The summed E-state index contributed by atoms with van der Waals surface area (Å²) in [6.45, 7) is 0.105. The van der Waals surface area contributed by atoms with Gasteiger partial charge in [-0.25, -0.2) is 0 Å². The molecule has 1 saturated heterocycles. The van der Waals surface area contributed by atoms with Gasteiger partial charge in [-0.15, -0.1) is 12.4 Å². The fraction of sp³-hybridized carbons (Fsp3) is 0.500. The number of carbonyl (C=O) groups is 1. The Labute approximate surface area is 133 Å². The van der Waals surface area contributed by atoms with Crippen molar-refractivity contribution < 1.29 is 22.7 Å². The van der Waals surface area contributed by atoms with E-state index < -0.39 is 12.8 Å². The highest BCUT2D eigenvalue weighted by atomic mass is 35.5. The normalized spacial score (nSPS) is 17.7. The molecule has 1 aliphatic rings. The van der Waals surface area contributed by atoms with Crippen molar-refractivity contribution in [2.45, 2.75) is 18.6 Å². The fourth-order valence-corrected chi connectivity index (χ4v) is 2.25. The molecule has 22 heavy (non-hydrogen) atoms. The summed E-state index contributed by atoms with van der Waals surface area (Å²) >= 11 is 0. The number of rotatable bonds is 4.